The van der Waals surface area contributed by atoms with Crippen LogP contribution in [0.15, 0.2) is 42.7 Å². The third-order valence-corrected chi connectivity index (χ3v) is 4.54. The fraction of sp³-hybridized carbons (Fsp3) is 0.421. The van der Waals surface area contributed by atoms with E-state index in [0.717, 1.165) is 31.0 Å². The minimum absolute atomic E-state index is 0.0821. The van der Waals surface area contributed by atoms with Gasteiger partial charge in [0.2, 0.25) is 11.8 Å². The number of carbonyl (C=O) groups is 2. The van der Waals surface area contributed by atoms with Gasteiger partial charge in [0.25, 0.3) is 0 Å². The molecule has 0 aliphatic carbocycles. The number of imidazole rings is 1. The van der Waals surface area contributed by atoms with Gasteiger partial charge in [0.15, 0.2) is 0 Å². The summed E-state index contributed by atoms with van der Waals surface area (Å²) in [7, 11) is 0. The van der Waals surface area contributed by atoms with Crippen LogP contribution in [0.3, 0.4) is 0 Å². The summed E-state index contributed by atoms with van der Waals surface area (Å²) in [6, 6.07) is 9.48. The number of para-hydroxylation sites is 1. The molecule has 138 valence electrons. The number of hydrogen-bond donors (Lipinski definition) is 1. The molecule has 1 atom stereocenters. The van der Waals surface area contributed by atoms with Crippen LogP contribution in [-0.4, -0.2) is 46.0 Å². The van der Waals surface area contributed by atoms with Crippen molar-refractivity contribution in [2.24, 2.45) is 5.73 Å². The number of nitrogens with zero attached hydrogens (tertiary/aromatic N) is 3. The Bertz CT molecular complexity index is 744. The van der Waals surface area contributed by atoms with Crippen molar-refractivity contribution in [2.75, 3.05) is 19.7 Å². The highest BCUT2D eigenvalue weighted by molar-refractivity contribution is 5.76. The third-order valence-electron chi connectivity index (χ3n) is 4.54. The average molecular weight is 356 g/mol. The van der Waals surface area contributed by atoms with Crippen LogP contribution in [0.4, 0.5) is 0 Å². The molecule has 2 heterocycles. The Morgan fingerprint density at radius 2 is 2.08 bits per heavy atom. The van der Waals surface area contributed by atoms with Crippen LogP contribution in [0.2, 0.25) is 0 Å². The molecular formula is C19H24N4O3. The predicted octanol–water partition coefficient (Wildman–Crippen LogP) is 1.54. The molecule has 0 spiro atoms. The molecule has 7 nitrogen and oxygen atoms in total. The largest absolute Gasteiger partial charge is 0.493 e. The number of primary amides is 1. The smallest absolute Gasteiger partial charge is 0.237 e. The van der Waals surface area contributed by atoms with E-state index in [4.69, 9.17) is 10.5 Å². The van der Waals surface area contributed by atoms with Gasteiger partial charge in [-0.05, 0) is 25.0 Å². The van der Waals surface area contributed by atoms with Gasteiger partial charge in [-0.25, -0.2) is 4.98 Å². The molecule has 7 heteroatoms. The van der Waals surface area contributed by atoms with Crippen LogP contribution in [0.1, 0.15) is 31.0 Å². The van der Waals surface area contributed by atoms with Gasteiger partial charge in [-0.1, -0.05) is 18.2 Å². The number of hydrogen-bond acceptors (Lipinski definition) is 4. The minimum atomic E-state index is -0.397. The summed E-state index contributed by atoms with van der Waals surface area (Å²) in [5.41, 5.74) is 5.29. The van der Waals surface area contributed by atoms with Gasteiger partial charge in [0, 0.05) is 31.4 Å². The minimum Gasteiger partial charge on any atom is -0.493 e. The van der Waals surface area contributed by atoms with E-state index in [-0.39, 0.29) is 18.4 Å². The Morgan fingerprint density at radius 3 is 2.85 bits per heavy atom. The summed E-state index contributed by atoms with van der Waals surface area (Å²) in [4.78, 5) is 30.0. The third kappa shape index (κ3) is 4.62. The molecule has 2 N–H and O–H groups in total. The van der Waals surface area contributed by atoms with Gasteiger partial charge in [-0.2, -0.15) is 0 Å². The summed E-state index contributed by atoms with van der Waals surface area (Å²) in [6.45, 7) is 1.84. The van der Waals surface area contributed by atoms with Crippen molar-refractivity contribution in [2.45, 2.75) is 31.7 Å². The number of rotatable bonds is 7. The topological polar surface area (TPSA) is 90.5 Å². The summed E-state index contributed by atoms with van der Waals surface area (Å²) in [5.74, 6) is 1.40. The van der Waals surface area contributed by atoms with Gasteiger partial charge in [-0.3, -0.25) is 9.59 Å². The van der Waals surface area contributed by atoms with E-state index in [2.05, 4.69) is 4.98 Å². The lowest BCUT2D eigenvalue weighted by Crippen LogP contribution is -2.40. The number of ether oxygens (including phenoxy) is 1. The summed E-state index contributed by atoms with van der Waals surface area (Å²) < 4.78 is 7.39. The molecule has 1 aromatic heterocycles. The predicted molar refractivity (Wildman–Crippen MR) is 96.5 cm³/mol. The van der Waals surface area contributed by atoms with Crippen LogP contribution in [0, 0.1) is 0 Å². The van der Waals surface area contributed by atoms with E-state index in [1.165, 1.54) is 0 Å². The first kappa shape index (κ1) is 18.0. The number of benzene rings is 1. The number of likely N-dealkylation sites (tertiary alicyclic amines) is 1. The SMILES string of the molecule is NC(=O)Cn1ccnc1[C@@H]1CCCN(C(=O)CCOc2ccccc2)C1. The van der Waals surface area contributed by atoms with Gasteiger partial charge in [0.05, 0.1) is 13.0 Å². The molecule has 1 fully saturated rings. The van der Waals surface area contributed by atoms with Crippen molar-refractivity contribution in [1.29, 1.82) is 0 Å². The molecule has 2 amide bonds. The van der Waals surface area contributed by atoms with E-state index in [9.17, 15) is 9.59 Å². The van der Waals surface area contributed by atoms with Crippen molar-refractivity contribution in [3.05, 3.63) is 48.5 Å². The fourth-order valence-corrected chi connectivity index (χ4v) is 3.33. The van der Waals surface area contributed by atoms with E-state index >= 15 is 0 Å². The Balaban J connectivity index is 1.54. The molecule has 3 rings (SSSR count). The maximum absolute atomic E-state index is 12.5. The van der Waals surface area contributed by atoms with Gasteiger partial charge in [-0.15, -0.1) is 0 Å². The second-order valence-electron chi connectivity index (χ2n) is 6.47. The van der Waals surface area contributed by atoms with Crippen molar-refractivity contribution in [3.63, 3.8) is 0 Å². The molecular weight excluding hydrogens is 332 g/mol. The average Bonchev–Trinajstić information content (AvgIpc) is 3.10. The van der Waals surface area contributed by atoms with Crippen molar-refractivity contribution in [1.82, 2.24) is 14.5 Å². The normalized spacial score (nSPS) is 17.1. The first-order chi connectivity index (χ1) is 12.6. The van der Waals surface area contributed by atoms with Crippen molar-refractivity contribution < 1.29 is 14.3 Å². The van der Waals surface area contributed by atoms with Crippen molar-refractivity contribution in [3.8, 4) is 5.75 Å². The first-order valence-corrected chi connectivity index (χ1v) is 8.88. The molecule has 26 heavy (non-hydrogen) atoms. The summed E-state index contributed by atoms with van der Waals surface area (Å²) >= 11 is 0. The number of carbonyl (C=O) groups excluding carboxylic acids is 2. The second kappa shape index (κ2) is 8.51. The number of amides is 2. The zero-order valence-electron chi connectivity index (χ0n) is 14.7. The van der Waals surface area contributed by atoms with Crippen LogP contribution in [0.5, 0.6) is 5.75 Å². The molecule has 0 saturated carbocycles. The zero-order valence-corrected chi connectivity index (χ0v) is 14.7. The molecule has 0 unspecified atom stereocenters. The van der Waals surface area contributed by atoms with Crippen molar-refractivity contribution >= 4 is 11.8 Å². The zero-order chi connectivity index (χ0) is 18.4. The number of nitrogens with two attached hydrogens (primary N) is 1. The molecule has 0 bridgehead atoms. The summed E-state index contributed by atoms with van der Waals surface area (Å²) in [5, 5.41) is 0. The standard InChI is InChI=1S/C19H24N4O3/c20-17(24)14-23-11-9-21-19(23)15-5-4-10-22(13-15)18(25)8-12-26-16-6-2-1-3-7-16/h1-3,6-7,9,11,15H,4-5,8,10,12-14H2,(H2,20,24)/t15-/m1/s1. The van der Waals surface area contributed by atoms with Crippen LogP contribution in [0.25, 0.3) is 0 Å². The van der Waals surface area contributed by atoms with E-state index < -0.39 is 5.91 Å². The maximum atomic E-state index is 12.5. The molecule has 1 saturated heterocycles. The number of aromatic nitrogens is 2. The molecule has 2 aromatic rings. The second-order valence-corrected chi connectivity index (χ2v) is 6.47. The molecule has 1 aliphatic rings. The fourth-order valence-electron chi connectivity index (χ4n) is 3.33. The van der Waals surface area contributed by atoms with Crippen LogP contribution < -0.4 is 10.5 Å². The van der Waals surface area contributed by atoms with E-state index in [1.807, 2.05) is 35.2 Å². The first-order valence-electron chi connectivity index (χ1n) is 8.88. The lowest BCUT2D eigenvalue weighted by atomic mass is 9.97. The van der Waals surface area contributed by atoms with Crippen LogP contribution >= 0.6 is 0 Å². The maximum Gasteiger partial charge on any atom is 0.237 e. The van der Waals surface area contributed by atoms with Gasteiger partial charge in [0.1, 0.15) is 18.1 Å². The van der Waals surface area contributed by atoms with E-state index in [0.29, 0.717) is 19.6 Å². The quantitative estimate of drug-likeness (QED) is 0.815. The number of piperidine rings is 1. The molecule has 0 radical (unpaired) electrons. The lowest BCUT2D eigenvalue weighted by molar-refractivity contribution is -0.133. The Kier molecular flexibility index (Phi) is 5.88. The lowest BCUT2D eigenvalue weighted by Gasteiger charge is -2.32. The monoisotopic (exact) mass is 356 g/mol. The Hall–Kier alpha value is -2.83. The highest BCUT2D eigenvalue weighted by Crippen LogP contribution is 2.26. The van der Waals surface area contributed by atoms with E-state index in [1.54, 1.807) is 17.0 Å². The van der Waals surface area contributed by atoms with Gasteiger partial charge >= 0.3 is 0 Å². The molecule has 1 aromatic carbocycles. The van der Waals surface area contributed by atoms with Crippen LogP contribution in [-0.2, 0) is 16.1 Å². The van der Waals surface area contributed by atoms with Gasteiger partial charge < -0.3 is 19.9 Å². The Labute approximate surface area is 152 Å². The Morgan fingerprint density at radius 1 is 1.27 bits per heavy atom. The summed E-state index contributed by atoms with van der Waals surface area (Å²) in [6.07, 6.45) is 5.64. The highest BCUT2D eigenvalue weighted by Gasteiger charge is 2.27. The highest BCUT2D eigenvalue weighted by atomic mass is 16.5. The molecule has 1 aliphatic heterocycles.